The first-order chi connectivity index (χ1) is 7.70. The summed E-state index contributed by atoms with van der Waals surface area (Å²) in [6.45, 7) is 2.61. The van der Waals surface area contributed by atoms with Crippen LogP contribution in [0.4, 0.5) is 4.79 Å². The fourth-order valence-corrected chi connectivity index (χ4v) is 1.49. The Bertz CT molecular complexity index is 212. The summed E-state index contributed by atoms with van der Waals surface area (Å²) >= 11 is 1.79. The smallest absolute Gasteiger partial charge is 0.325 e. The molecule has 0 aromatic heterocycles. The lowest BCUT2D eigenvalue weighted by molar-refractivity contribution is -0.141. The third-order valence-electron chi connectivity index (χ3n) is 1.76. The van der Waals surface area contributed by atoms with Crippen LogP contribution in [-0.2, 0) is 9.53 Å². The summed E-state index contributed by atoms with van der Waals surface area (Å²) in [6.07, 6.45) is 4.09. The maximum absolute atomic E-state index is 11.1. The van der Waals surface area contributed by atoms with Crippen molar-refractivity contribution in [3.8, 4) is 0 Å². The normalized spacial score (nSPS) is 9.62. The van der Waals surface area contributed by atoms with Gasteiger partial charge in [0.05, 0.1) is 6.61 Å². The molecule has 2 amide bonds. The van der Waals surface area contributed by atoms with Gasteiger partial charge in [0, 0.05) is 6.54 Å². The van der Waals surface area contributed by atoms with Gasteiger partial charge in [-0.05, 0) is 31.8 Å². The molecule has 0 radical (unpaired) electrons. The number of unbranched alkanes of at least 4 members (excludes halogenated alkanes) is 1. The van der Waals surface area contributed by atoms with Gasteiger partial charge in [0.2, 0.25) is 0 Å². The molecule has 6 heteroatoms. The van der Waals surface area contributed by atoms with E-state index in [1.807, 2.05) is 0 Å². The number of carbonyl (C=O) groups excluding carboxylic acids is 2. The van der Waals surface area contributed by atoms with Crippen molar-refractivity contribution >= 4 is 23.8 Å². The van der Waals surface area contributed by atoms with Gasteiger partial charge in [0.1, 0.15) is 6.54 Å². The van der Waals surface area contributed by atoms with E-state index < -0.39 is 5.97 Å². The molecule has 0 aromatic carbocycles. The van der Waals surface area contributed by atoms with Crippen LogP contribution >= 0.6 is 11.8 Å². The van der Waals surface area contributed by atoms with Crippen molar-refractivity contribution in [2.24, 2.45) is 0 Å². The van der Waals surface area contributed by atoms with Crippen LogP contribution in [0.25, 0.3) is 0 Å². The van der Waals surface area contributed by atoms with Gasteiger partial charge >= 0.3 is 12.0 Å². The largest absolute Gasteiger partial charge is 0.465 e. The summed E-state index contributed by atoms with van der Waals surface area (Å²) in [5, 5.41) is 5.10. The number of rotatable bonds is 8. The molecule has 0 aliphatic carbocycles. The maximum Gasteiger partial charge on any atom is 0.325 e. The Labute approximate surface area is 101 Å². The summed E-state index contributed by atoms with van der Waals surface area (Å²) < 4.78 is 4.67. The van der Waals surface area contributed by atoms with Crippen LogP contribution < -0.4 is 10.6 Å². The molecule has 0 aromatic rings. The number of ether oxygens (including phenoxy) is 1. The van der Waals surface area contributed by atoms with E-state index in [9.17, 15) is 9.59 Å². The Hall–Kier alpha value is -0.910. The maximum atomic E-state index is 11.1. The van der Waals surface area contributed by atoms with Gasteiger partial charge in [0.15, 0.2) is 0 Å². The number of esters is 1. The van der Waals surface area contributed by atoms with E-state index in [1.54, 1.807) is 18.7 Å². The Kier molecular flexibility index (Phi) is 10.00. The summed E-state index contributed by atoms with van der Waals surface area (Å²) in [7, 11) is 0. The molecule has 2 N–H and O–H groups in total. The van der Waals surface area contributed by atoms with E-state index in [4.69, 9.17) is 0 Å². The molecule has 5 nitrogen and oxygen atoms in total. The van der Waals surface area contributed by atoms with Crippen LogP contribution in [0.2, 0.25) is 0 Å². The van der Waals surface area contributed by atoms with Crippen LogP contribution in [0.15, 0.2) is 0 Å². The standard InChI is InChI=1S/C10H20N2O3S/c1-3-15-9(13)8-12-10(14)11-6-4-5-7-16-2/h3-8H2,1-2H3,(H2,11,12,14). The summed E-state index contributed by atoms with van der Waals surface area (Å²) in [5.41, 5.74) is 0. The zero-order valence-electron chi connectivity index (χ0n) is 9.88. The number of urea groups is 1. The monoisotopic (exact) mass is 248 g/mol. The van der Waals surface area contributed by atoms with Crippen LogP contribution in [0.1, 0.15) is 19.8 Å². The SMILES string of the molecule is CCOC(=O)CNC(=O)NCCCCSC. The Morgan fingerprint density at radius 2 is 2.00 bits per heavy atom. The molecule has 0 bridgehead atoms. The van der Waals surface area contributed by atoms with E-state index in [1.165, 1.54) is 0 Å². The molecular formula is C10H20N2O3S. The lowest BCUT2D eigenvalue weighted by Crippen LogP contribution is -2.39. The second-order valence-electron chi connectivity index (χ2n) is 3.11. The minimum Gasteiger partial charge on any atom is -0.465 e. The molecule has 0 spiro atoms. The van der Waals surface area contributed by atoms with Crippen molar-refractivity contribution in [2.45, 2.75) is 19.8 Å². The Morgan fingerprint density at radius 3 is 2.62 bits per heavy atom. The van der Waals surface area contributed by atoms with Crippen molar-refractivity contribution in [1.82, 2.24) is 10.6 Å². The van der Waals surface area contributed by atoms with Gasteiger partial charge in [-0.25, -0.2) is 4.79 Å². The van der Waals surface area contributed by atoms with Crippen LogP contribution in [0.3, 0.4) is 0 Å². The lowest BCUT2D eigenvalue weighted by atomic mass is 10.3. The molecule has 0 atom stereocenters. The molecule has 94 valence electrons. The predicted molar refractivity (Wildman–Crippen MR) is 65.7 cm³/mol. The van der Waals surface area contributed by atoms with Gasteiger partial charge in [-0.2, -0.15) is 11.8 Å². The minimum absolute atomic E-state index is 0.0789. The molecule has 0 heterocycles. The van der Waals surface area contributed by atoms with Crippen LogP contribution in [0, 0.1) is 0 Å². The van der Waals surface area contributed by atoms with E-state index in [2.05, 4.69) is 21.6 Å². The molecule has 0 saturated carbocycles. The third kappa shape index (κ3) is 9.64. The highest BCUT2D eigenvalue weighted by Crippen LogP contribution is 1.97. The van der Waals surface area contributed by atoms with Gasteiger partial charge < -0.3 is 15.4 Å². The van der Waals surface area contributed by atoms with E-state index in [-0.39, 0.29) is 12.6 Å². The second-order valence-corrected chi connectivity index (χ2v) is 4.10. The topological polar surface area (TPSA) is 67.4 Å². The van der Waals surface area contributed by atoms with Crippen molar-refractivity contribution in [2.75, 3.05) is 31.7 Å². The van der Waals surface area contributed by atoms with Crippen molar-refractivity contribution in [3.63, 3.8) is 0 Å². The highest BCUT2D eigenvalue weighted by Gasteiger charge is 2.04. The first-order valence-corrected chi connectivity index (χ1v) is 6.76. The number of hydrogen-bond donors (Lipinski definition) is 2. The van der Waals surface area contributed by atoms with Gasteiger partial charge in [-0.1, -0.05) is 0 Å². The fraction of sp³-hybridized carbons (Fsp3) is 0.800. The van der Waals surface area contributed by atoms with Gasteiger partial charge in [0.25, 0.3) is 0 Å². The zero-order valence-corrected chi connectivity index (χ0v) is 10.7. The quantitative estimate of drug-likeness (QED) is 0.496. The van der Waals surface area contributed by atoms with Crippen LogP contribution in [-0.4, -0.2) is 43.7 Å². The van der Waals surface area contributed by atoms with E-state index in [0.29, 0.717) is 13.2 Å². The third-order valence-corrected chi connectivity index (χ3v) is 2.46. The van der Waals surface area contributed by atoms with E-state index >= 15 is 0 Å². The molecule has 0 aliphatic heterocycles. The van der Waals surface area contributed by atoms with Crippen molar-refractivity contribution < 1.29 is 14.3 Å². The number of amides is 2. The molecule has 0 unspecified atom stereocenters. The first kappa shape index (κ1) is 15.1. The predicted octanol–water partition coefficient (Wildman–Crippen LogP) is 0.992. The number of thioether (sulfide) groups is 1. The molecular weight excluding hydrogens is 228 g/mol. The van der Waals surface area contributed by atoms with Crippen molar-refractivity contribution in [1.29, 1.82) is 0 Å². The summed E-state index contributed by atoms with van der Waals surface area (Å²) in [4.78, 5) is 22.0. The average molecular weight is 248 g/mol. The first-order valence-electron chi connectivity index (χ1n) is 5.37. The van der Waals surface area contributed by atoms with Crippen molar-refractivity contribution in [3.05, 3.63) is 0 Å². The van der Waals surface area contributed by atoms with E-state index in [0.717, 1.165) is 18.6 Å². The molecule has 0 rings (SSSR count). The van der Waals surface area contributed by atoms with Gasteiger partial charge in [-0.3, -0.25) is 4.79 Å². The number of carbonyl (C=O) groups is 2. The highest BCUT2D eigenvalue weighted by molar-refractivity contribution is 7.98. The van der Waals surface area contributed by atoms with Crippen LogP contribution in [0.5, 0.6) is 0 Å². The Balaban J connectivity index is 3.34. The Morgan fingerprint density at radius 1 is 1.25 bits per heavy atom. The molecule has 0 aliphatic rings. The minimum atomic E-state index is -0.417. The highest BCUT2D eigenvalue weighted by atomic mass is 32.2. The second kappa shape index (κ2) is 10.6. The van der Waals surface area contributed by atoms with Gasteiger partial charge in [-0.15, -0.1) is 0 Å². The average Bonchev–Trinajstić information content (AvgIpc) is 2.26. The molecule has 0 fully saturated rings. The number of hydrogen-bond acceptors (Lipinski definition) is 4. The lowest BCUT2D eigenvalue weighted by Gasteiger charge is -2.06. The fourth-order valence-electron chi connectivity index (χ4n) is 1.00. The number of nitrogens with one attached hydrogen (secondary N) is 2. The summed E-state index contributed by atoms with van der Waals surface area (Å²) in [5.74, 6) is 0.687. The molecule has 16 heavy (non-hydrogen) atoms. The summed E-state index contributed by atoms with van der Waals surface area (Å²) in [6, 6.07) is -0.322. The molecule has 0 saturated heterocycles. The zero-order chi connectivity index (χ0) is 12.2.